The van der Waals surface area contributed by atoms with Crippen LogP contribution in [0.1, 0.15) is 37.4 Å². The number of hydrogen-bond acceptors (Lipinski definition) is 4. The van der Waals surface area contributed by atoms with Gasteiger partial charge in [0.25, 0.3) is 21.8 Å². The van der Waals surface area contributed by atoms with Crippen LogP contribution >= 0.6 is 0 Å². The zero-order chi connectivity index (χ0) is 23.3. The molecule has 3 N–H and O–H groups in total. The van der Waals surface area contributed by atoms with E-state index in [0.29, 0.717) is 16.8 Å². The number of anilines is 1. The smallest absolute Gasteiger partial charge is 0.261 e. The summed E-state index contributed by atoms with van der Waals surface area (Å²) in [5.74, 6) is -0.570. The van der Waals surface area contributed by atoms with E-state index in [1.807, 2.05) is 13.0 Å². The van der Waals surface area contributed by atoms with Crippen LogP contribution in [-0.4, -0.2) is 27.3 Å². The summed E-state index contributed by atoms with van der Waals surface area (Å²) >= 11 is 0. The zero-order valence-electron chi connectivity index (χ0n) is 18.1. The van der Waals surface area contributed by atoms with Crippen molar-refractivity contribution in [1.82, 2.24) is 10.6 Å². The lowest BCUT2D eigenvalue weighted by molar-refractivity contribution is 0.0945. The van der Waals surface area contributed by atoms with Crippen molar-refractivity contribution in [2.45, 2.75) is 25.3 Å². The Labute approximate surface area is 187 Å². The maximum Gasteiger partial charge on any atom is 0.261 e. The molecule has 0 bridgehead atoms. The molecular weight excluding hydrogens is 426 g/mol. The molecule has 0 fully saturated rings. The molecule has 0 aliphatic carbocycles. The van der Waals surface area contributed by atoms with Crippen molar-refractivity contribution in [2.75, 3.05) is 11.8 Å². The second kappa shape index (κ2) is 9.65. The number of nitrogens with one attached hydrogen (secondary N) is 3. The van der Waals surface area contributed by atoms with Crippen molar-refractivity contribution in [3.05, 3.63) is 94.5 Å². The van der Waals surface area contributed by atoms with Gasteiger partial charge in [-0.3, -0.25) is 14.3 Å². The van der Waals surface area contributed by atoms with Gasteiger partial charge in [-0.25, -0.2) is 8.42 Å². The Hall–Kier alpha value is -3.65. The Balaban J connectivity index is 1.74. The molecule has 0 unspecified atom stereocenters. The van der Waals surface area contributed by atoms with E-state index in [0.717, 1.165) is 11.1 Å². The van der Waals surface area contributed by atoms with E-state index < -0.39 is 10.0 Å². The van der Waals surface area contributed by atoms with E-state index in [9.17, 15) is 18.0 Å². The molecule has 0 spiro atoms. The maximum absolute atomic E-state index is 12.8. The summed E-state index contributed by atoms with van der Waals surface area (Å²) in [6, 6.07) is 18.4. The monoisotopic (exact) mass is 451 g/mol. The third-order valence-electron chi connectivity index (χ3n) is 4.93. The average molecular weight is 452 g/mol. The van der Waals surface area contributed by atoms with Gasteiger partial charge in [-0.2, -0.15) is 0 Å². The molecule has 2 amide bonds. The van der Waals surface area contributed by atoms with Gasteiger partial charge in [0.05, 0.1) is 4.90 Å². The molecule has 0 aliphatic rings. The SMILES string of the molecule is CNC(=O)c1ccc(CNC(=O)c2cc(S(=O)(=O)Nc3cccc(C)c3)ccc2C)cc1. The Morgan fingerprint density at radius 1 is 0.875 bits per heavy atom. The van der Waals surface area contributed by atoms with Crippen LogP contribution in [0.15, 0.2) is 71.6 Å². The van der Waals surface area contributed by atoms with E-state index in [1.165, 1.54) is 12.1 Å². The molecule has 0 aliphatic heterocycles. The first kappa shape index (κ1) is 23.0. The second-order valence-electron chi connectivity index (χ2n) is 7.41. The first-order valence-corrected chi connectivity index (χ1v) is 11.5. The van der Waals surface area contributed by atoms with Crippen LogP contribution in [0.2, 0.25) is 0 Å². The molecule has 3 rings (SSSR count). The molecule has 0 saturated carbocycles. The van der Waals surface area contributed by atoms with Crippen LogP contribution < -0.4 is 15.4 Å². The number of carbonyl (C=O) groups excluding carboxylic acids is 2. The van der Waals surface area contributed by atoms with E-state index in [2.05, 4.69) is 15.4 Å². The fourth-order valence-corrected chi connectivity index (χ4v) is 4.21. The van der Waals surface area contributed by atoms with Crippen LogP contribution in [-0.2, 0) is 16.6 Å². The van der Waals surface area contributed by atoms with E-state index in [-0.39, 0.29) is 28.8 Å². The quantitative estimate of drug-likeness (QED) is 0.512. The minimum atomic E-state index is -3.85. The number of hydrogen-bond donors (Lipinski definition) is 3. The van der Waals surface area contributed by atoms with Gasteiger partial charge in [0, 0.05) is 30.4 Å². The molecule has 8 heteroatoms. The summed E-state index contributed by atoms with van der Waals surface area (Å²) in [5.41, 5.74) is 3.66. The third kappa shape index (κ3) is 5.53. The Kier molecular flexibility index (Phi) is 6.95. The van der Waals surface area contributed by atoms with Crippen LogP contribution in [0.4, 0.5) is 5.69 Å². The van der Waals surface area contributed by atoms with E-state index in [1.54, 1.807) is 62.5 Å². The first-order chi connectivity index (χ1) is 15.2. The molecule has 0 saturated heterocycles. The molecule has 3 aromatic rings. The molecule has 0 aromatic heterocycles. The van der Waals surface area contributed by atoms with Crippen molar-refractivity contribution in [2.24, 2.45) is 0 Å². The fourth-order valence-electron chi connectivity index (χ4n) is 3.13. The molecule has 0 atom stereocenters. The predicted molar refractivity (Wildman–Crippen MR) is 124 cm³/mol. The van der Waals surface area contributed by atoms with E-state index in [4.69, 9.17) is 0 Å². The van der Waals surface area contributed by atoms with Crippen molar-refractivity contribution >= 4 is 27.5 Å². The lowest BCUT2D eigenvalue weighted by Crippen LogP contribution is -2.24. The molecule has 7 nitrogen and oxygen atoms in total. The highest BCUT2D eigenvalue weighted by molar-refractivity contribution is 7.92. The number of benzene rings is 3. The van der Waals surface area contributed by atoms with Gasteiger partial charge in [-0.05, 0) is 66.9 Å². The van der Waals surface area contributed by atoms with Gasteiger partial charge in [0.1, 0.15) is 0 Å². The fraction of sp³-hybridized carbons (Fsp3) is 0.167. The minimum Gasteiger partial charge on any atom is -0.355 e. The zero-order valence-corrected chi connectivity index (χ0v) is 18.9. The van der Waals surface area contributed by atoms with Gasteiger partial charge in [0.15, 0.2) is 0 Å². The van der Waals surface area contributed by atoms with Crippen molar-refractivity contribution in [3.63, 3.8) is 0 Å². The standard InChI is InChI=1S/C24H25N3O4S/c1-16-5-4-6-20(13-16)27-32(30,31)21-12-7-17(2)22(14-21)24(29)26-15-18-8-10-19(11-9-18)23(28)25-3/h4-14,27H,15H2,1-3H3,(H,25,28)(H,26,29). The highest BCUT2D eigenvalue weighted by atomic mass is 32.2. The Morgan fingerprint density at radius 2 is 1.59 bits per heavy atom. The molecule has 3 aromatic carbocycles. The van der Waals surface area contributed by atoms with Crippen molar-refractivity contribution in [3.8, 4) is 0 Å². The highest BCUT2D eigenvalue weighted by Gasteiger charge is 2.18. The molecule has 0 radical (unpaired) electrons. The van der Waals surface area contributed by atoms with E-state index >= 15 is 0 Å². The molecule has 0 heterocycles. The third-order valence-corrected chi connectivity index (χ3v) is 6.31. The predicted octanol–water partition coefficient (Wildman–Crippen LogP) is 3.39. The topological polar surface area (TPSA) is 104 Å². The average Bonchev–Trinajstić information content (AvgIpc) is 2.77. The van der Waals surface area contributed by atoms with Gasteiger partial charge >= 0.3 is 0 Å². The number of amides is 2. The minimum absolute atomic E-state index is 0.00434. The summed E-state index contributed by atoms with van der Waals surface area (Å²) < 4.78 is 28.2. The maximum atomic E-state index is 12.8. The van der Waals surface area contributed by atoms with Crippen molar-refractivity contribution in [1.29, 1.82) is 0 Å². The number of rotatable bonds is 7. The van der Waals surface area contributed by atoms with Crippen LogP contribution in [0.3, 0.4) is 0 Å². The molecular formula is C24H25N3O4S. The van der Waals surface area contributed by atoms with Crippen LogP contribution in [0.25, 0.3) is 0 Å². The van der Waals surface area contributed by atoms with Crippen LogP contribution in [0.5, 0.6) is 0 Å². The number of aryl methyl sites for hydroxylation is 2. The molecule has 166 valence electrons. The van der Waals surface area contributed by atoms with Gasteiger partial charge in [0.2, 0.25) is 0 Å². The summed E-state index contributed by atoms with van der Waals surface area (Å²) in [5, 5.41) is 5.35. The lowest BCUT2D eigenvalue weighted by Gasteiger charge is -2.12. The largest absolute Gasteiger partial charge is 0.355 e. The van der Waals surface area contributed by atoms with Gasteiger partial charge in [-0.1, -0.05) is 30.3 Å². The van der Waals surface area contributed by atoms with Crippen LogP contribution in [0, 0.1) is 13.8 Å². The summed E-state index contributed by atoms with van der Waals surface area (Å²) in [6.07, 6.45) is 0. The lowest BCUT2D eigenvalue weighted by atomic mass is 10.1. The Bertz CT molecular complexity index is 1250. The molecule has 32 heavy (non-hydrogen) atoms. The normalized spacial score (nSPS) is 11.0. The summed E-state index contributed by atoms with van der Waals surface area (Å²) in [6.45, 7) is 3.86. The first-order valence-electron chi connectivity index (χ1n) is 9.99. The number of carbonyl (C=O) groups is 2. The number of sulfonamides is 1. The Morgan fingerprint density at radius 3 is 2.25 bits per heavy atom. The van der Waals surface area contributed by atoms with Gasteiger partial charge < -0.3 is 10.6 Å². The second-order valence-corrected chi connectivity index (χ2v) is 9.09. The van der Waals surface area contributed by atoms with Gasteiger partial charge in [-0.15, -0.1) is 0 Å². The summed E-state index contributed by atoms with van der Waals surface area (Å²) in [4.78, 5) is 24.4. The highest BCUT2D eigenvalue weighted by Crippen LogP contribution is 2.20. The summed E-state index contributed by atoms with van der Waals surface area (Å²) in [7, 11) is -2.29. The van der Waals surface area contributed by atoms with Crippen molar-refractivity contribution < 1.29 is 18.0 Å².